The maximum absolute atomic E-state index is 10.1. The van der Waals surface area contributed by atoms with Crippen LogP contribution in [0.1, 0.15) is 25.3 Å². The lowest BCUT2D eigenvalue weighted by Gasteiger charge is -2.49. The van der Waals surface area contributed by atoms with Gasteiger partial charge >= 0.3 is 0 Å². The van der Waals surface area contributed by atoms with Gasteiger partial charge in [0.05, 0.1) is 22.4 Å². The van der Waals surface area contributed by atoms with Crippen molar-refractivity contribution in [3.8, 4) is 32.3 Å². The van der Waals surface area contributed by atoms with Gasteiger partial charge in [-0.25, -0.2) is 4.98 Å². The molecule has 0 amide bonds. The molecular weight excluding hydrogens is 392 g/mol. The minimum absolute atomic E-state index is 0.451. The fourth-order valence-electron chi connectivity index (χ4n) is 4.43. The van der Waals surface area contributed by atoms with E-state index in [0.29, 0.717) is 12.8 Å². The first kappa shape index (κ1) is 19.2. The molecule has 30 heavy (non-hydrogen) atoms. The Morgan fingerprint density at radius 1 is 1.00 bits per heavy atom. The molecule has 3 N–H and O–H groups in total. The Bertz CT molecular complexity index is 1180. The van der Waals surface area contributed by atoms with Crippen LogP contribution in [0.15, 0.2) is 67.0 Å². The third-order valence-electron chi connectivity index (χ3n) is 5.74. The van der Waals surface area contributed by atoms with Crippen LogP contribution in [0.25, 0.3) is 32.3 Å². The molecule has 152 valence electrons. The fourth-order valence-corrected chi connectivity index (χ4v) is 5.50. The summed E-state index contributed by atoms with van der Waals surface area (Å²) in [5, 5.41) is 15.4. The van der Waals surface area contributed by atoms with Crippen LogP contribution in [0.3, 0.4) is 0 Å². The van der Waals surface area contributed by atoms with E-state index in [1.165, 1.54) is 0 Å². The lowest BCUT2D eigenvalue weighted by molar-refractivity contribution is -0.0738. The minimum atomic E-state index is -0.665. The van der Waals surface area contributed by atoms with E-state index in [1.807, 2.05) is 44.6 Å². The second-order valence-corrected chi connectivity index (χ2v) is 9.55. The van der Waals surface area contributed by atoms with E-state index >= 15 is 0 Å². The second-order valence-electron chi connectivity index (χ2n) is 8.55. The van der Waals surface area contributed by atoms with E-state index < -0.39 is 11.1 Å². The number of aliphatic hydroxyl groups is 1. The maximum Gasteiger partial charge on any atom is 0.127 e. The van der Waals surface area contributed by atoms with Gasteiger partial charge < -0.3 is 10.8 Å². The molecule has 0 unspecified atom stereocenters. The summed E-state index contributed by atoms with van der Waals surface area (Å²) in [6.07, 6.45) is 5.00. The van der Waals surface area contributed by atoms with Gasteiger partial charge in [-0.1, -0.05) is 54.6 Å². The number of hydrogen-bond acceptors (Lipinski definition) is 5. The second kappa shape index (κ2) is 6.87. The van der Waals surface area contributed by atoms with Gasteiger partial charge in [0, 0.05) is 29.9 Å². The molecule has 0 bridgehead atoms. The molecular formula is C24H24N4OS. The first-order valence-corrected chi connectivity index (χ1v) is 10.8. The number of rotatable bonds is 4. The SMILES string of the molecule is Cn1cc(-c2nc(-c3ccc(C4(N)CC(C)(O)C4)cc3)c(-c3ccccc3)s2)cn1. The fraction of sp³-hybridized carbons (Fsp3) is 0.250. The highest BCUT2D eigenvalue weighted by Crippen LogP contribution is 2.47. The number of hydrogen-bond donors (Lipinski definition) is 2. The van der Waals surface area contributed by atoms with Crippen LogP contribution >= 0.6 is 11.3 Å². The average molecular weight is 417 g/mol. The zero-order valence-electron chi connectivity index (χ0n) is 17.0. The normalized spacial score (nSPS) is 23.3. The summed E-state index contributed by atoms with van der Waals surface area (Å²) in [5.41, 5.74) is 10.6. The van der Waals surface area contributed by atoms with E-state index in [2.05, 4.69) is 41.5 Å². The molecule has 1 fully saturated rings. The Hall–Kier alpha value is -2.80. The number of nitrogens with two attached hydrogens (primary N) is 1. The highest BCUT2D eigenvalue weighted by Gasteiger charge is 2.49. The van der Waals surface area contributed by atoms with Gasteiger partial charge in [-0.3, -0.25) is 4.68 Å². The lowest BCUT2D eigenvalue weighted by atomic mass is 9.63. The van der Waals surface area contributed by atoms with Crippen LogP contribution < -0.4 is 5.73 Å². The lowest BCUT2D eigenvalue weighted by Crippen LogP contribution is -2.58. The van der Waals surface area contributed by atoms with E-state index in [-0.39, 0.29) is 0 Å². The Labute approximate surface area is 179 Å². The minimum Gasteiger partial charge on any atom is -0.390 e. The summed E-state index contributed by atoms with van der Waals surface area (Å²) in [7, 11) is 1.91. The van der Waals surface area contributed by atoms with Crippen LogP contribution in [-0.2, 0) is 12.6 Å². The standard InChI is InChI=1S/C24H24N4OS/c1-23(29)14-24(25,15-23)19-10-8-16(9-11-19)20-21(17-6-4-3-5-7-17)30-22(27-20)18-12-26-28(2)13-18/h3-13,29H,14-15,25H2,1-2H3. The molecule has 0 aliphatic heterocycles. The highest BCUT2D eigenvalue weighted by atomic mass is 32.1. The zero-order chi connectivity index (χ0) is 20.9. The molecule has 2 aromatic heterocycles. The predicted octanol–water partition coefficient (Wildman–Crippen LogP) is 4.58. The molecule has 1 aliphatic carbocycles. The number of aryl methyl sites for hydroxylation is 1. The average Bonchev–Trinajstić information content (AvgIpc) is 3.34. The molecule has 4 aromatic rings. The molecule has 2 heterocycles. The Morgan fingerprint density at radius 2 is 1.70 bits per heavy atom. The number of benzene rings is 2. The van der Waals surface area contributed by atoms with Crippen molar-refractivity contribution >= 4 is 11.3 Å². The number of aromatic nitrogens is 3. The molecule has 0 saturated heterocycles. The molecule has 5 nitrogen and oxygen atoms in total. The first-order chi connectivity index (χ1) is 14.3. The van der Waals surface area contributed by atoms with Crippen molar-refractivity contribution < 1.29 is 5.11 Å². The largest absolute Gasteiger partial charge is 0.390 e. The van der Waals surface area contributed by atoms with Crippen molar-refractivity contribution in [2.45, 2.75) is 30.9 Å². The van der Waals surface area contributed by atoms with Crippen molar-refractivity contribution in [2.24, 2.45) is 12.8 Å². The van der Waals surface area contributed by atoms with E-state index in [0.717, 1.165) is 37.8 Å². The van der Waals surface area contributed by atoms with Crippen LogP contribution in [0.4, 0.5) is 0 Å². The molecule has 0 radical (unpaired) electrons. The molecule has 0 spiro atoms. The van der Waals surface area contributed by atoms with Crippen LogP contribution in [-0.4, -0.2) is 25.5 Å². The first-order valence-electron chi connectivity index (χ1n) is 10.0. The zero-order valence-corrected chi connectivity index (χ0v) is 17.9. The molecule has 6 heteroatoms. The monoisotopic (exact) mass is 416 g/mol. The summed E-state index contributed by atoms with van der Waals surface area (Å²) in [6.45, 7) is 1.84. The van der Waals surface area contributed by atoms with E-state index in [9.17, 15) is 5.11 Å². The van der Waals surface area contributed by atoms with Crippen molar-refractivity contribution in [3.63, 3.8) is 0 Å². The van der Waals surface area contributed by atoms with Crippen molar-refractivity contribution in [1.82, 2.24) is 14.8 Å². The van der Waals surface area contributed by atoms with E-state index in [4.69, 9.17) is 10.7 Å². The quantitative estimate of drug-likeness (QED) is 0.511. The topological polar surface area (TPSA) is 77.0 Å². The Kier molecular flexibility index (Phi) is 4.39. The van der Waals surface area contributed by atoms with Gasteiger partial charge in [0.1, 0.15) is 5.01 Å². The van der Waals surface area contributed by atoms with Crippen LogP contribution in [0, 0.1) is 0 Å². The molecule has 0 atom stereocenters. The van der Waals surface area contributed by atoms with Gasteiger partial charge in [0.2, 0.25) is 0 Å². The summed E-state index contributed by atoms with van der Waals surface area (Å²) in [4.78, 5) is 6.12. The van der Waals surface area contributed by atoms with Gasteiger partial charge in [-0.2, -0.15) is 5.10 Å². The summed E-state index contributed by atoms with van der Waals surface area (Å²) >= 11 is 1.68. The molecule has 5 rings (SSSR count). The van der Waals surface area contributed by atoms with Gasteiger partial charge in [0.15, 0.2) is 0 Å². The third kappa shape index (κ3) is 3.37. The predicted molar refractivity (Wildman–Crippen MR) is 121 cm³/mol. The van der Waals surface area contributed by atoms with Gasteiger partial charge in [0.25, 0.3) is 0 Å². The van der Waals surface area contributed by atoms with E-state index in [1.54, 1.807) is 16.0 Å². The number of nitrogens with zero attached hydrogens (tertiary/aromatic N) is 3. The molecule has 2 aromatic carbocycles. The van der Waals surface area contributed by atoms with Crippen LogP contribution in [0.5, 0.6) is 0 Å². The smallest absolute Gasteiger partial charge is 0.127 e. The van der Waals surface area contributed by atoms with Gasteiger partial charge in [-0.15, -0.1) is 11.3 Å². The molecule has 1 aliphatic rings. The maximum atomic E-state index is 10.1. The van der Waals surface area contributed by atoms with Crippen molar-refractivity contribution in [1.29, 1.82) is 0 Å². The van der Waals surface area contributed by atoms with Gasteiger partial charge in [-0.05, 0) is 30.9 Å². The summed E-state index contributed by atoms with van der Waals surface area (Å²) < 4.78 is 1.79. The Balaban J connectivity index is 1.55. The van der Waals surface area contributed by atoms with Crippen molar-refractivity contribution in [3.05, 3.63) is 72.6 Å². The molecule has 1 saturated carbocycles. The van der Waals surface area contributed by atoms with Crippen LogP contribution in [0.2, 0.25) is 0 Å². The number of thiazole rings is 1. The summed E-state index contributed by atoms with van der Waals surface area (Å²) in [5.74, 6) is 0. The van der Waals surface area contributed by atoms with Crippen molar-refractivity contribution in [2.75, 3.05) is 0 Å². The summed E-state index contributed by atoms with van der Waals surface area (Å²) in [6, 6.07) is 18.7. The Morgan fingerprint density at radius 3 is 2.30 bits per heavy atom. The third-order valence-corrected chi connectivity index (χ3v) is 6.89. The highest BCUT2D eigenvalue weighted by molar-refractivity contribution is 7.19.